The molecule has 10 heteroatoms. The molecule has 2 rings (SSSR count). The Hall–Kier alpha value is -1.75. The lowest BCUT2D eigenvalue weighted by Gasteiger charge is -2.26. The molecule has 1 aromatic heterocycles. The Labute approximate surface area is 308 Å². The number of aliphatic hydroxyl groups excluding tert-OH is 1. The minimum absolute atomic E-state index is 0.0186. The number of nitrogens with zero attached hydrogens (tertiary/aromatic N) is 1. The highest BCUT2D eigenvalue weighted by atomic mass is 32.2. The third kappa shape index (κ3) is 27.6. The molecule has 286 valence electrons. The van der Waals surface area contributed by atoms with Crippen LogP contribution in [0.4, 0.5) is 0 Å². The number of aliphatic carboxylic acids is 1. The fraction of sp³-hybridized carbons (Fsp3) is 0.795. The van der Waals surface area contributed by atoms with Crippen LogP contribution >= 0.6 is 23.1 Å². The highest BCUT2D eigenvalue weighted by Gasteiger charge is 2.28. The molecule has 49 heavy (non-hydrogen) atoms. The molecule has 0 saturated carbocycles. The maximum Gasteiger partial charge on any atom is 0.313 e. The zero-order valence-corrected chi connectivity index (χ0v) is 34.8. The number of carbonyl (C=O) groups is 3. The van der Waals surface area contributed by atoms with Gasteiger partial charge in [0, 0.05) is 35.1 Å². The number of aliphatic hydroxyl groups is 1. The molecule has 0 spiro atoms. The number of thioether (sulfide) groups is 1. The Morgan fingerprint density at radius 2 is 1.65 bits per heavy atom. The lowest BCUT2D eigenvalue weighted by atomic mass is 9.83. The van der Waals surface area contributed by atoms with Gasteiger partial charge in [-0.05, 0) is 78.2 Å². The van der Waals surface area contributed by atoms with E-state index in [1.165, 1.54) is 24.6 Å². The molecule has 5 atom stereocenters. The second-order valence-corrected chi connectivity index (χ2v) is 17.4. The number of amides is 1. The van der Waals surface area contributed by atoms with Gasteiger partial charge < -0.3 is 20.3 Å². The molecule has 0 aromatic carbocycles. The first-order chi connectivity index (χ1) is 22.8. The van der Waals surface area contributed by atoms with Gasteiger partial charge in [0.05, 0.1) is 34.6 Å². The molecule has 1 saturated heterocycles. The summed E-state index contributed by atoms with van der Waals surface area (Å²) in [5, 5.41) is 24.8. The molecule has 3 N–H and O–H groups in total. The average molecular weight is 729 g/mol. The van der Waals surface area contributed by atoms with Crippen LogP contribution in [0.2, 0.25) is 0 Å². The van der Waals surface area contributed by atoms with Gasteiger partial charge in [0.15, 0.2) is 0 Å². The number of allylic oxidation sites excluding steroid dienone is 1. The van der Waals surface area contributed by atoms with Gasteiger partial charge >= 0.3 is 5.97 Å². The van der Waals surface area contributed by atoms with Gasteiger partial charge in [0.2, 0.25) is 5.91 Å². The molecule has 0 aliphatic carbocycles. The largest absolute Gasteiger partial charge is 0.481 e. The summed E-state index contributed by atoms with van der Waals surface area (Å²) < 4.78 is 5.57. The van der Waals surface area contributed by atoms with Gasteiger partial charge in [-0.25, -0.2) is 4.98 Å². The van der Waals surface area contributed by atoms with E-state index >= 15 is 0 Å². The minimum atomic E-state index is -0.882. The predicted molar refractivity (Wildman–Crippen MR) is 210 cm³/mol. The molecule has 0 radical (unpaired) electrons. The lowest BCUT2D eigenvalue weighted by Crippen LogP contribution is -2.35. The number of thiazole rings is 1. The van der Waals surface area contributed by atoms with E-state index in [1.54, 1.807) is 18.3 Å². The smallest absolute Gasteiger partial charge is 0.313 e. The average Bonchev–Trinajstić information content (AvgIpc) is 3.42. The van der Waals surface area contributed by atoms with Crippen molar-refractivity contribution < 1.29 is 29.3 Å². The van der Waals surface area contributed by atoms with Crippen molar-refractivity contribution in [1.82, 2.24) is 10.3 Å². The summed E-state index contributed by atoms with van der Waals surface area (Å²) in [7, 11) is 0. The van der Waals surface area contributed by atoms with Crippen LogP contribution in [0.5, 0.6) is 0 Å². The van der Waals surface area contributed by atoms with Gasteiger partial charge in [-0.15, -0.1) is 23.1 Å². The summed E-state index contributed by atoms with van der Waals surface area (Å²) in [4.78, 5) is 39.0. The summed E-state index contributed by atoms with van der Waals surface area (Å²) >= 11 is 3.14. The maximum atomic E-state index is 12.5. The Morgan fingerprint density at radius 3 is 2.18 bits per heavy atom. The van der Waals surface area contributed by atoms with Gasteiger partial charge in [0.1, 0.15) is 5.78 Å². The summed E-state index contributed by atoms with van der Waals surface area (Å²) in [6.45, 7) is 27.7. The van der Waals surface area contributed by atoms with Crippen LogP contribution in [-0.2, 0) is 19.1 Å². The van der Waals surface area contributed by atoms with Crippen molar-refractivity contribution in [2.24, 2.45) is 23.7 Å². The summed E-state index contributed by atoms with van der Waals surface area (Å²) in [5.74, 6) is 0.000310. The van der Waals surface area contributed by atoms with Crippen LogP contribution in [0.3, 0.4) is 0 Å². The second kappa shape index (κ2) is 27.0. The monoisotopic (exact) mass is 728 g/mol. The van der Waals surface area contributed by atoms with Gasteiger partial charge in [0.25, 0.3) is 0 Å². The lowest BCUT2D eigenvalue weighted by molar-refractivity contribution is -0.134. The van der Waals surface area contributed by atoms with E-state index in [2.05, 4.69) is 29.5 Å². The van der Waals surface area contributed by atoms with E-state index in [1.807, 2.05) is 81.4 Å². The molecule has 1 aromatic rings. The number of nitrogens with one attached hydrogen (secondary N) is 1. The number of carbonyl (C=O) groups excluding carboxylic acids is 2. The SMILES string of the molecule is C/C=C\c1csc(C)n1.CC.CC(C)(C)OCCC(C)(C)SCC(=O)O.CC1CCCNC(=O)CC(O)C(C)C(=O)C(C)CC(C)CCC1. The molecular formula is C39H72N2O6S2. The second-order valence-electron chi connectivity index (χ2n) is 14.7. The minimum Gasteiger partial charge on any atom is -0.481 e. The van der Waals surface area contributed by atoms with Gasteiger partial charge in [-0.3, -0.25) is 14.4 Å². The Morgan fingerprint density at radius 1 is 1.06 bits per heavy atom. The molecule has 1 fully saturated rings. The van der Waals surface area contributed by atoms with Crippen molar-refractivity contribution in [2.75, 3.05) is 18.9 Å². The summed E-state index contributed by atoms with van der Waals surface area (Å²) in [6.07, 6.45) is 10.6. The van der Waals surface area contributed by atoms with E-state index in [4.69, 9.17) is 9.84 Å². The summed E-state index contributed by atoms with van der Waals surface area (Å²) in [6, 6.07) is 0. The van der Waals surface area contributed by atoms with Gasteiger partial charge in [-0.1, -0.05) is 80.7 Å². The quantitative estimate of drug-likeness (QED) is 0.254. The first kappa shape index (κ1) is 49.4. The Kier molecular flexibility index (Phi) is 27.2. The van der Waals surface area contributed by atoms with Crippen molar-refractivity contribution in [3.63, 3.8) is 0 Å². The number of carboxylic acids is 1. The Balaban J connectivity index is 0. The maximum absolute atomic E-state index is 12.5. The highest BCUT2D eigenvalue weighted by molar-refractivity contribution is 8.01. The third-order valence-corrected chi connectivity index (χ3v) is 10.2. The first-order valence-corrected chi connectivity index (χ1v) is 20.2. The number of ketones is 1. The summed E-state index contributed by atoms with van der Waals surface area (Å²) in [5.41, 5.74) is 0.952. The third-order valence-electron chi connectivity index (χ3n) is 8.05. The number of rotatable bonds is 7. The van der Waals surface area contributed by atoms with Crippen LogP contribution in [0.25, 0.3) is 6.08 Å². The van der Waals surface area contributed by atoms with E-state index in [-0.39, 0.29) is 40.1 Å². The molecule has 8 nitrogen and oxygen atoms in total. The van der Waals surface area contributed by atoms with Crippen LogP contribution in [0, 0.1) is 30.6 Å². The van der Waals surface area contributed by atoms with E-state index < -0.39 is 18.0 Å². The topological polar surface area (TPSA) is 126 Å². The number of Topliss-reactive ketones (excluding diaryl/α,β-unsaturated/α-hetero) is 1. The molecule has 0 bridgehead atoms. The first-order valence-electron chi connectivity index (χ1n) is 18.3. The Bertz CT molecular complexity index is 1070. The van der Waals surface area contributed by atoms with Crippen molar-refractivity contribution >= 4 is 46.8 Å². The van der Waals surface area contributed by atoms with Crippen molar-refractivity contribution in [3.8, 4) is 0 Å². The zero-order chi connectivity index (χ0) is 38.2. The zero-order valence-electron chi connectivity index (χ0n) is 33.2. The number of hydrogen-bond donors (Lipinski definition) is 3. The van der Waals surface area contributed by atoms with Crippen LogP contribution in [0.15, 0.2) is 11.5 Å². The fourth-order valence-corrected chi connectivity index (χ4v) is 6.43. The van der Waals surface area contributed by atoms with Crippen molar-refractivity contribution in [1.29, 1.82) is 0 Å². The predicted octanol–water partition coefficient (Wildman–Crippen LogP) is 9.62. The molecule has 2 heterocycles. The number of hydrogen-bond acceptors (Lipinski definition) is 8. The molecular weight excluding hydrogens is 657 g/mol. The van der Waals surface area contributed by atoms with Gasteiger partial charge in [-0.2, -0.15) is 0 Å². The number of aromatic nitrogens is 1. The number of aryl methyl sites for hydroxylation is 1. The highest BCUT2D eigenvalue weighted by Crippen LogP contribution is 2.28. The van der Waals surface area contributed by atoms with Crippen LogP contribution < -0.4 is 5.32 Å². The van der Waals surface area contributed by atoms with E-state index in [9.17, 15) is 19.5 Å². The normalized spacial score (nSPS) is 23.2. The van der Waals surface area contributed by atoms with E-state index in [0.717, 1.165) is 42.8 Å². The fourth-order valence-electron chi connectivity index (χ4n) is 5.11. The van der Waals surface area contributed by atoms with Crippen molar-refractivity contribution in [3.05, 3.63) is 22.2 Å². The van der Waals surface area contributed by atoms with Crippen LogP contribution in [-0.4, -0.2) is 68.2 Å². The number of carboxylic acid groups (broad SMARTS) is 1. The van der Waals surface area contributed by atoms with Crippen LogP contribution in [0.1, 0.15) is 145 Å². The molecule has 1 aliphatic rings. The molecule has 5 unspecified atom stereocenters. The molecule has 1 aliphatic heterocycles. The van der Waals surface area contributed by atoms with E-state index in [0.29, 0.717) is 25.0 Å². The number of ether oxygens (including phenoxy) is 1. The van der Waals surface area contributed by atoms with Crippen molar-refractivity contribution in [2.45, 2.75) is 158 Å². The standard InChI is InChI=1S/C19H35NO3.C11H22O3S.C7H9NS.C2H6/c1-13-7-5-8-14(2)11-15(3)19(23)16(4)17(21)12-18(22)20-10-6-9-13;1-10(2,3)14-7-6-11(4,5)15-8-9(12)13;1-3-4-7-5-9-6(2)8-7;1-2/h13-17,21H,5-12H2,1-4H3,(H,20,22);6-8H2,1-5H3,(H,12,13);3-5H,1-2H3;1-2H3/b;;4-3-;. The molecule has 1 amide bonds.